The molecule has 32 heavy (non-hydrogen) atoms. The van der Waals surface area contributed by atoms with E-state index in [0.29, 0.717) is 18.7 Å². The van der Waals surface area contributed by atoms with E-state index in [1.54, 1.807) is 24.1 Å². The van der Waals surface area contributed by atoms with E-state index in [1.807, 2.05) is 31.2 Å². The van der Waals surface area contributed by atoms with E-state index in [4.69, 9.17) is 4.74 Å². The van der Waals surface area contributed by atoms with Crippen LogP contribution in [0, 0.1) is 5.82 Å². The number of ether oxygens (including phenoxy) is 1. The van der Waals surface area contributed by atoms with Crippen molar-refractivity contribution in [3.8, 4) is 5.75 Å². The van der Waals surface area contributed by atoms with Gasteiger partial charge in [0, 0.05) is 18.8 Å². The van der Waals surface area contributed by atoms with Crippen molar-refractivity contribution < 1.29 is 18.7 Å². The van der Waals surface area contributed by atoms with Crippen LogP contribution in [0.2, 0.25) is 0 Å². The van der Waals surface area contributed by atoms with Gasteiger partial charge < -0.3 is 15.0 Å². The molecule has 0 aliphatic rings. The van der Waals surface area contributed by atoms with Gasteiger partial charge in [0.25, 0.3) is 0 Å². The Labute approximate surface area is 194 Å². The van der Waals surface area contributed by atoms with Gasteiger partial charge >= 0.3 is 0 Å². The quantitative estimate of drug-likeness (QED) is 0.437. The van der Waals surface area contributed by atoms with E-state index in [-0.39, 0.29) is 29.9 Å². The molecule has 174 valence electrons. The summed E-state index contributed by atoms with van der Waals surface area (Å²) in [4.78, 5) is 27.6. The topological polar surface area (TPSA) is 58.6 Å². The first-order valence-corrected chi connectivity index (χ1v) is 12.2. The second kappa shape index (κ2) is 13.8. The van der Waals surface area contributed by atoms with E-state index in [0.717, 1.165) is 29.7 Å². The highest BCUT2D eigenvalue weighted by atomic mass is 32.2. The van der Waals surface area contributed by atoms with Crippen molar-refractivity contribution in [3.63, 3.8) is 0 Å². The number of nitrogens with zero attached hydrogens (tertiary/aromatic N) is 1. The second-order valence-electron chi connectivity index (χ2n) is 7.56. The zero-order chi connectivity index (χ0) is 23.3. The van der Waals surface area contributed by atoms with Crippen LogP contribution in [-0.2, 0) is 21.9 Å². The average molecular weight is 461 g/mol. The molecular weight excluding hydrogens is 427 g/mol. The van der Waals surface area contributed by atoms with Gasteiger partial charge in [0.15, 0.2) is 0 Å². The van der Waals surface area contributed by atoms with Crippen LogP contribution in [-0.4, -0.2) is 42.2 Å². The van der Waals surface area contributed by atoms with E-state index in [2.05, 4.69) is 12.2 Å². The number of thioether (sulfide) groups is 1. The molecule has 2 aromatic rings. The summed E-state index contributed by atoms with van der Waals surface area (Å²) in [7, 11) is 1.63. The molecule has 1 unspecified atom stereocenters. The molecule has 0 bridgehead atoms. The maximum Gasteiger partial charge on any atom is 0.242 e. The molecule has 1 atom stereocenters. The lowest BCUT2D eigenvalue weighted by molar-refractivity contribution is -0.139. The van der Waals surface area contributed by atoms with Crippen molar-refractivity contribution in [1.82, 2.24) is 10.2 Å². The monoisotopic (exact) mass is 460 g/mol. The van der Waals surface area contributed by atoms with Crippen molar-refractivity contribution in [1.29, 1.82) is 0 Å². The lowest BCUT2D eigenvalue weighted by atomic mass is 10.1. The number of nitrogens with one attached hydrogen (secondary N) is 1. The number of methoxy groups -OCH3 is 1. The summed E-state index contributed by atoms with van der Waals surface area (Å²) in [6.45, 7) is 4.83. The van der Waals surface area contributed by atoms with Crippen LogP contribution >= 0.6 is 11.8 Å². The maximum atomic E-state index is 13.3. The van der Waals surface area contributed by atoms with Gasteiger partial charge in [-0.25, -0.2) is 4.39 Å². The molecule has 0 aliphatic carbocycles. The molecule has 5 nitrogen and oxygen atoms in total. The van der Waals surface area contributed by atoms with Crippen LogP contribution in [0.1, 0.15) is 44.2 Å². The van der Waals surface area contributed by atoms with E-state index >= 15 is 0 Å². The normalized spacial score (nSPS) is 11.6. The summed E-state index contributed by atoms with van der Waals surface area (Å²) in [5.41, 5.74) is 1.89. The number of amides is 2. The number of carbonyl (C=O) groups excluding carboxylic acids is 2. The Morgan fingerprint density at radius 3 is 2.31 bits per heavy atom. The third-order valence-electron chi connectivity index (χ3n) is 5.13. The summed E-state index contributed by atoms with van der Waals surface area (Å²) in [6.07, 6.45) is 2.39. The van der Waals surface area contributed by atoms with Crippen LogP contribution in [0.5, 0.6) is 5.75 Å². The van der Waals surface area contributed by atoms with Crippen LogP contribution in [0.15, 0.2) is 48.5 Å². The second-order valence-corrected chi connectivity index (χ2v) is 8.54. The Hall–Kier alpha value is -2.54. The minimum atomic E-state index is -0.564. The molecule has 1 N–H and O–H groups in total. The maximum absolute atomic E-state index is 13.3. The lowest BCUT2D eigenvalue weighted by Crippen LogP contribution is -2.49. The van der Waals surface area contributed by atoms with Crippen LogP contribution in [0.25, 0.3) is 0 Å². The Morgan fingerprint density at radius 2 is 1.72 bits per heavy atom. The van der Waals surface area contributed by atoms with Gasteiger partial charge in [0.05, 0.1) is 12.9 Å². The summed E-state index contributed by atoms with van der Waals surface area (Å²) in [5, 5.41) is 2.95. The molecule has 0 radical (unpaired) electrons. The zero-order valence-electron chi connectivity index (χ0n) is 19.1. The Kier molecular flexibility index (Phi) is 11.1. The van der Waals surface area contributed by atoms with Crippen molar-refractivity contribution >= 4 is 23.6 Å². The average Bonchev–Trinajstić information content (AvgIpc) is 2.80. The number of rotatable bonds is 13. The fourth-order valence-corrected chi connectivity index (χ4v) is 4.14. The highest BCUT2D eigenvalue weighted by molar-refractivity contribution is 7.99. The molecule has 0 fully saturated rings. The van der Waals surface area contributed by atoms with Gasteiger partial charge in [0.2, 0.25) is 11.8 Å². The van der Waals surface area contributed by atoms with Crippen molar-refractivity contribution in [2.45, 2.75) is 51.4 Å². The van der Waals surface area contributed by atoms with Gasteiger partial charge in [-0.3, -0.25) is 9.59 Å². The molecule has 0 saturated carbocycles. The number of hydrogen-bond acceptors (Lipinski definition) is 4. The molecule has 2 rings (SSSR count). The molecule has 0 spiro atoms. The standard InChI is InChI=1S/C25H33FN2O3S/c1-4-6-15-27-25(30)23(5-2)28(16-19-7-11-21(26)12-8-19)24(29)18-32-17-20-9-13-22(31-3)14-10-20/h7-14,23H,4-6,15-18H2,1-3H3,(H,27,30). The predicted octanol–water partition coefficient (Wildman–Crippen LogP) is 4.79. The van der Waals surface area contributed by atoms with E-state index in [1.165, 1.54) is 23.9 Å². The Morgan fingerprint density at radius 1 is 1.06 bits per heavy atom. The van der Waals surface area contributed by atoms with Gasteiger partial charge in [-0.15, -0.1) is 11.8 Å². The highest BCUT2D eigenvalue weighted by Crippen LogP contribution is 2.19. The number of carbonyl (C=O) groups is 2. The number of hydrogen-bond donors (Lipinski definition) is 1. The first kappa shape index (κ1) is 25.7. The highest BCUT2D eigenvalue weighted by Gasteiger charge is 2.28. The van der Waals surface area contributed by atoms with Crippen LogP contribution in [0.4, 0.5) is 4.39 Å². The van der Waals surface area contributed by atoms with Gasteiger partial charge in [0.1, 0.15) is 17.6 Å². The van der Waals surface area contributed by atoms with E-state index in [9.17, 15) is 14.0 Å². The number of benzene rings is 2. The number of halogens is 1. The SMILES string of the molecule is CCCCNC(=O)C(CC)N(Cc1ccc(F)cc1)C(=O)CSCc1ccc(OC)cc1. The molecule has 0 heterocycles. The first-order valence-electron chi connectivity index (χ1n) is 11.0. The Bertz CT molecular complexity index is 843. The minimum absolute atomic E-state index is 0.106. The Balaban J connectivity index is 2.07. The predicted molar refractivity (Wildman–Crippen MR) is 128 cm³/mol. The zero-order valence-corrected chi connectivity index (χ0v) is 19.9. The molecule has 0 aromatic heterocycles. The third-order valence-corrected chi connectivity index (χ3v) is 6.12. The lowest BCUT2D eigenvalue weighted by Gasteiger charge is -2.30. The largest absolute Gasteiger partial charge is 0.497 e. The molecule has 0 saturated heterocycles. The summed E-state index contributed by atoms with van der Waals surface area (Å²) in [5.74, 6) is 1.15. The fourth-order valence-electron chi connectivity index (χ4n) is 3.27. The fraction of sp³-hybridized carbons (Fsp3) is 0.440. The minimum Gasteiger partial charge on any atom is -0.497 e. The molecule has 2 amide bonds. The van der Waals surface area contributed by atoms with Gasteiger partial charge in [-0.1, -0.05) is 44.5 Å². The third kappa shape index (κ3) is 8.19. The summed E-state index contributed by atoms with van der Waals surface area (Å²) in [6, 6.07) is 13.2. The van der Waals surface area contributed by atoms with Gasteiger partial charge in [-0.05, 0) is 48.2 Å². The summed E-state index contributed by atoms with van der Waals surface area (Å²) >= 11 is 1.51. The number of unbranched alkanes of at least 4 members (excludes halogenated alkanes) is 1. The molecule has 0 aliphatic heterocycles. The summed E-state index contributed by atoms with van der Waals surface area (Å²) < 4.78 is 18.5. The molecular formula is C25H33FN2O3S. The van der Waals surface area contributed by atoms with E-state index < -0.39 is 6.04 Å². The van der Waals surface area contributed by atoms with Crippen molar-refractivity contribution in [2.24, 2.45) is 0 Å². The van der Waals surface area contributed by atoms with Crippen molar-refractivity contribution in [2.75, 3.05) is 19.4 Å². The van der Waals surface area contributed by atoms with Gasteiger partial charge in [-0.2, -0.15) is 0 Å². The smallest absolute Gasteiger partial charge is 0.242 e. The van der Waals surface area contributed by atoms with Crippen molar-refractivity contribution in [3.05, 3.63) is 65.5 Å². The molecule has 2 aromatic carbocycles. The van der Waals surface area contributed by atoms with Crippen LogP contribution in [0.3, 0.4) is 0 Å². The molecule has 7 heteroatoms. The van der Waals surface area contributed by atoms with Crippen LogP contribution < -0.4 is 10.1 Å². The first-order chi connectivity index (χ1) is 15.5.